The van der Waals surface area contributed by atoms with Crippen LogP contribution in [0.1, 0.15) is 30.4 Å². The lowest BCUT2D eigenvalue weighted by Gasteiger charge is -2.27. The van der Waals surface area contributed by atoms with E-state index in [4.69, 9.17) is 21.1 Å². The van der Waals surface area contributed by atoms with Crippen LogP contribution in [0.4, 0.5) is 4.79 Å². The Bertz CT molecular complexity index is 1170. The molecular formula is C25H24BrClN2O5S. The number of halogens is 2. The van der Waals surface area contributed by atoms with E-state index in [2.05, 4.69) is 15.9 Å². The van der Waals surface area contributed by atoms with E-state index >= 15 is 0 Å². The van der Waals surface area contributed by atoms with Crippen LogP contribution < -0.4 is 9.47 Å². The Hall–Kier alpha value is -2.49. The first-order valence-electron chi connectivity index (χ1n) is 11.1. The number of amides is 3. The van der Waals surface area contributed by atoms with E-state index in [-0.39, 0.29) is 17.4 Å². The Morgan fingerprint density at radius 3 is 2.51 bits per heavy atom. The Morgan fingerprint density at radius 2 is 1.83 bits per heavy atom. The van der Waals surface area contributed by atoms with Gasteiger partial charge in [-0.25, -0.2) is 0 Å². The van der Waals surface area contributed by atoms with Crippen LogP contribution in [0.5, 0.6) is 11.5 Å². The maximum Gasteiger partial charge on any atom is 0.294 e. The van der Waals surface area contributed by atoms with Crippen molar-refractivity contribution < 1.29 is 23.9 Å². The van der Waals surface area contributed by atoms with Crippen molar-refractivity contribution in [2.75, 3.05) is 26.7 Å². The monoisotopic (exact) mass is 578 g/mol. The lowest BCUT2D eigenvalue weighted by atomic mass is 10.1. The highest BCUT2D eigenvalue weighted by molar-refractivity contribution is 9.10. The van der Waals surface area contributed by atoms with Crippen LogP contribution in [0.25, 0.3) is 6.08 Å². The molecule has 4 rings (SSSR count). The van der Waals surface area contributed by atoms with E-state index in [0.717, 1.165) is 41.5 Å². The number of benzene rings is 2. The van der Waals surface area contributed by atoms with Gasteiger partial charge in [0.15, 0.2) is 11.5 Å². The summed E-state index contributed by atoms with van der Waals surface area (Å²) in [5, 5.41) is 0.205. The summed E-state index contributed by atoms with van der Waals surface area (Å²) >= 11 is 10.3. The second-order valence-electron chi connectivity index (χ2n) is 8.15. The average Bonchev–Trinajstić information content (AvgIpc) is 3.12. The van der Waals surface area contributed by atoms with Crippen molar-refractivity contribution in [1.29, 1.82) is 0 Å². The standard InChI is InChI=1S/C25H24BrClN2O5S/c1-33-20-11-17(19(26)13-21(20)34-15-16-5-7-18(27)8-6-16)12-22-24(31)29(25(32)35-22)14-23(30)28-9-3-2-4-10-28/h5-8,11-13H,2-4,9-10,14-15H2,1H3/b22-12-. The molecule has 184 valence electrons. The molecule has 2 aromatic carbocycles. The fourth-order valence-electron chi connectivity index (χ4n) is 3.83. The summed E-state index contributed by atoms with van der Waals surface area (Å²) < 4.78 is 12.1. The van der Waals surface area contributed by atoms with Crippen LogP contribution in [-0.4, -0.2) is 53.6 Å². The zero-order valence-electron chi connectivity index (χ0n) is 19.1. The highest BCUT2D eigenvalue weighted by Gasteiger charge is 2.37. The van der Waals surface area contributed by atoms with Crippen molar-refractivity contribution in [3.05, 3.63) is 61.9 Å². The third-order valence-corrected chi connectivity index (χ3v) is 7.60. The molecular weight excluding hydrogens is 556 g/mol. The molecule has 0 spiro atoms. The zero-order chi connectivity index (χ0) is 24.9. The van der Waals surface area contributed by atoms with Crippen LogP contribution in [0.15, 0.2) is 45.8 Å². The molecule has 0 radical (unpaired) electrons. The molecule has 0 atom stereocenters. The summed E-state index contributed by atoms with van der Waals surface area (Å²) in [5.41, 5.74) is 1.60. The minimum Gasteiger partial charge on any atom is -0.493 e. The van der Waals surface area contributed by atoms with Gasteiger partial charge in [-0.3, -0.25) is 19.3 Å². The quantitative estimate of drug-likeness (QED) is 0.390. The zero-order valence-corrected chi connectivity index (χ0v) is 22.2. The van der Waals surface area contributed by atoms with Crippen molar-refractivity contribution in [3.63, 3.8) is 0 Å². The van der Waals surface area contributed by atoms with Gasteiger partial charge in [0, 0.05) is 22.6 Å². The van der Waals surface area contributed by atoms with Gasteiger partial charge in [-0.05, 0) is 72.5 Å². The minimum absolute atomic E-state index is 0.196. The number of rotatable bonds is 7. The van der Waals surface area contributed by atoms with Crippen molar-refractivity contribution in [2.24, 2.45) is 0 Å². The van der Waals surface area contributed by atoms with Gasteiger partial charge in [0.2, 0.25) is 5.91 Å². The van der Waals surface area contributed by atoms with Gasteiger partial charge in [0.1, 0.15) is 13.2 Å². The molecule has 0 aliphatic carbocycles. The number of methoxy groups -OCH3 is 1. The largest absolute Gasteiger partial charge is 0.493 e. The molecule has 2 aliphatic heterocycles. The van der Waals surface area contributed by atoms with Crippen LogP contribution in [0.2, 0.25) is 5.02 Å². The summed E-state index contributed by atoms with van der Waals surface area (Å²) in [5.74, 6) is 0.331. The van der Waals surface area contributed by atoms with E-state index in [1.807, 2.05) is 12.1 Å². The summed E-state index contributed by atoms with van der Waals surface area (Å²) in [6.45, 7) is 1.43. The van der Waals surface area contributed by atoms with Gasteiger partial charge in [-0.2, -0.15) is 0 Å². The number of nitrogens with zero attached hydrogens (tertiary/aromatic N) is 2. The SMILES string of the molecule is COc1cc(/C=C2\SC(=O)N(CC(=O)N3CCCCC3)C2=O)c(Br)cc1OCc1ccc(Cl)cc1. The molecule has 2 fully saturated rings. The summed E-state index contributed by atoms with van der Waals surface area (Å²) in [6, 6.07) is 10.8. The number of thioether (sulfide) groups is 1. The van der Waals surface area contributed by atoms with Gasteiger partial charge in [-0.1, -0.05) is 39.7 Å². The van der Waals surface area contributed by atoms with Crippen molar-refractivity contribution >= 4 is 62.4 Å². The van der Waals surface area contributed by atoms with E-state index in [9.17, 15) is 14.4 Å². The summed E-state index contributed by atoms with van der Waals surface area (Å²) in [6.07, 6.45) is 4.61. The van der Waals surface area contributed by atoms with Gasteiger partial charge in [-0.15, -0.1) is 0 Å². The number of carbonyl (C=O) groups excluding carboxylic acids is 3. The highest BCUT2D eigenvalue weighted by Crippen LogP contribution is 2.38. The molecule has 0 aromatic heterocycles. The van der Waals surface area contributed by atoms with Crippen molar-refractivity contribution in [1.82, 2.24) is 9.80 Å². The first-order chi connectivity index (χ1) is 16.9. The Kier molecular flexibility index (Phi) is 8.41. The fraction of sp³-hybridized carbons (Fsp3) is 0.320. The molecule has 7 nitrogen and oxygen atoms in total. The minimum atomic E-state index is -0.473. The predicted molar refractivity (Wildman–Crippen MR) is 140 cm³/mol. The Labute approximate surface area is 221 Å². The number of hydrogen-bond donors (Lipinski definition) is 0. The van der Waals surface area contributed by atoms with Crippen LogP contribution in [0.3, 0.4) is 0 Å². The normalized spacial score (nSPS) is 17.3. The molecule has 2 aliphatic rings. The van der Waals surface area contributed by atoms with Crippen molar-refractivity contribution in [2.45, 2.75) is 25.9 Å². The van der Waals surface area contributed by atoms with E-state index < -0.39 is 11.1 Å². The molecule has 2 saturated heterocycles. The number of likely N-dealkylation sites (tertiary alicyclic amines) is 1. The first-order valence-corrected chi connectivity index (χ1v) is 13.1. The van der Waals surface area contributed by atoms with Gasteiger partial charge in [0.05, 0.1) is 12.0 Å². The fourth-order valence-corrected chi connectivity index (χ4v) is 5.22. The number of imide groups is 1. The van der Waals surface area contributed by atoms with Crippen LogP contribution in [0, 0.1) is 0 Å². The molecule has 10 heteroatoms. The molecule has 0 unspecified atom stereocenters. The topological polar surface area (TPSA) is 76.2 Å². The maximum atomic E-state index is 12.9. The van der Waals surface area contributed by atoms with Crippen molar-refractivity contribution in [3.8, 4) is 11.5 Å². The lowest BCUT2D eigenvalue weighted by Crippen LogP contribution is -2.44. The number of hydrogen-bond acceptors (Lipinski definition) is 6. The maximum absolute atomic E-state index is 12.9. The number of ether oxygens (including phenoxy) is 2. The molecule has 0 N–H and O–H groups in total. The van der Waals surface area contributed by atoms with Crippen LogP contribution in [-0.2, 0) is 16.2 Å². The first kappa shape index (κ1) is 25.6. The second kappa shape index (κ2) is 11.5. The smallest absolute Gasteiger partial charge is 0.294 e. The van der Waals surface area contributed by atoms with E-state index in [1.54, 1.807) is 35.2 Å². The molecule has 2 heterocycles. The lowest BCUT2D eigenvalue weighted by molar-refractivity contribution is -0.136. The number of piperidine rings is 1. The molecule has 2 aromatic rings. The molecule has 0 bridgehead atoms. The molecule has 35 heavy (non-hydrogen) atoms. The predicted octanol–water partition coefficient (Wildman–Crippen LogP) is 5.74. The molecule has 0 saturated carbocycles. The summed E-state index contributed by atoms with van der Waals surface area (Å²) in [4.78, 5) is 41.0. The third kappa shape index (κ3) is 6.20. The highest BCUT2D eigenvalue weighted by atomic mass is 79.9. The summed E-state index contributed by atoms with van der Waals surface area (Å²) in [7, 11) is 1.53. The Balaban J connectivity index is 1.48. The third-order valence-electron chi connectivity index (χ3n) is 5.75. The average molecular weight is 580 g/mol. The Morgan fingerprint density at radius 1 is 1.11 bits per heavy atom. The van der Waals surface area contributed by atoms with E-state index in [1.165, 1.54) is 7.11 Å². The molecule has 3 amide bonds. The van der Waals surface area contributed by atoms with Crippen LogP contribution >= 0.6 is 39.3 Å². The van der Waals surface area contributed by atoms with E-state index in [0.29, 0.717) is 46.3 Å². The number of carbonyl (C=O) groups is 3. The van der Waals surface area contributed by atoms with Gasteiger partial charge in [0.25, 0.3) is 11.1 Å². The van der Waals surface area contributed by atoms with Gasteiger partial charge >= 0.3 is 0 Å². The second-order valence-corrected chi connectivity index (χ2v) is 10.4. The van der Waals surface area contributed by atoms with Gasteiger partial charge < -0.3 is 14.4 Å².